The summed E-state index contributed by atoms with van der Waals surface area (Å²) < 4.78 is 0. The molecule has 0 amide bonds. The van der Waals surface area contributed by atoms with Crippen LogP contribution in [0.4, 0.5) is 0 Å². The van der Waals surface area contributed by atoms with E-state index in [-0.39, 0.29) is 0 Å². The molecule has 15 rings (SSSR count). The van der Waals surface area contributed by atoms with Gasteiger partial charge < -0.3 is 0 Å². The van der Waals surface area contributed by atoms with E-state index >= 15 is 0 Å². The molecule has 0 bridgehead atoms. The molecule has 0 saturated heterocycles. The van der Waals surface area contributed by atoms with Gasteiger partial charge in [0.05, 0.1) is 0 Å². The first kappa shape index (κ1) is 52.5. The smallest absolute Gasteiger partial charge is 0.000443 e. The third-order valence-electron chi connectivity index (χ3n) is 22.5. The van der Waals surface area contributed by atoms with E-state index in [2.05, 4.69) is 236 Å². The average molecular weight is 1090 g/mol. The summed E-state index contributed by atoms with van der Waals surface area (Å²) in [5.41, 5.74) is 49.2. The molecule has 0 fully saturated rings. The van der Waals surface area contributed by atoms with E-state index in [0.717, 1.165) is 0 Å². The molecule has 13 aromatic carbocycles. The molecule has 2 aliphatic rings. The van der Waals surface area contributed by atoms with Gasteiger partial charge >= 0.3 is 0 Å². The zero-order valence-corrected chi connectivity index (χ0v) is 53.2. The highest BCUT2D eigenvalue weighted by Crippen LogP contribution is 2.67. The van der Waals surface area contributed by atoms with Gasteiger partial charge in [-0.3, -0.25) is 0 Å². The molecule has 13 aromatic rings. The lowest BCUT2D eigenvalue weighted by atomic mass is 9.76. The van der Waals surface area contributed by atoms with E-state index in [1.54, 1.807) is 0 Å². The first-order valence-electron chi connectivity index (χ1n) is 30.8. The summed E-state index contributed by atoms with van der Waals surface area (Å²) in [6, 6.07) is 37.9. The van der Waals surface area contributed by atoms with Crippen molar-refractivity contribution in [1.82, 2.24) is 0 Å². The predicted octanol–water partition coefficient (Wildman–Crippen LogP) is 24.2. The lowest BCUT2D eigenvalue weighted by Gasteiger charge is -2.27. The number of hydrogen-bond acceptors (Lipinski definition) is 0. The summed E-state index contributed by atoms with van der Waals surface area (Å²) in [5.74, 6) is 0. The number of hydrogen-bond donors (Lipinski definition) is 0. The highest BCUT2D eigenvalue weighted by atomic mass is 14.4. The second kappa shape index (κ2) is 17.6. The molecule has 0 saturated carbocycles. The van der Waals surface area contributed by atoms with Crippen molar-refractivity contribution < 1.29 is 0 Å². The van der Waals surface area contributed by atoms with Crippen LogP contribution in [0.3, 0.4) is 0 Å². The van der Waals surface area contributed by atoms with E-state index in [9.17, 15) is 0 Å². The molecular weight excluding hydrogens is 1010 g/mol. The maximum absolute atomic E-state index is 2.48. The standard InChI is InChI=1S/C84H76/c1-37-21-29-57(30-22-37)73-61-45(9)41(5)42(6)46(10)62(61)74(58-31-23-38(2)24-32-58)82-70-54(18)50(14)66-68-52(16)56(20)72-80-71(55(19)51(15)67(78(68)80)65-49(13)53(17)69(81(73)82)79(70)77(65)66)83-75(59-33-25-39(3)26-34-59)63-47(11)43(7)44(8)48(12)64(63)76(84(72)83)60-35-27-40(4)28-36-60/h21-36H,1-20H3. The van der Waals surface area contributed by atoms with Crippen LogP contribution in [-0.2, 0) is 0 Å². The topological polar surface area (TPSA) is 0 Å². The maximum atomic E-state index is 2.48. The van der Waals surface area contributed by atoms with Crippen LogP contribution >= 0.6 is 0 Å². The fraction of sp³-hybridized carbons (Fsp3) is 0.238. The fourth-order valence-electron chi connectivity index (χ4n) is 16.9. The van der Waals surface area contributed by atoms with Gasteiger partial charge in [-0.1, -0.05) is 119 Å². The zero-order chi connectivity index (χ0) is 59.0. The normalized spacial score (nSPS) is 12.5. The number of benzene rings is 13. The van der Waals surface area contributed by atoms with Crippen LogP contribution in [0, 0.1) is 138 Å². The van der Waals surface area contributed by atoms with Gasteiger partial charge in [0.15, 0.2) is 0 Å². The summed E-state index contributed by atoms with van der Waals surface area (Å²) in [4.78, 5) is 0. The summed E-state index contributed by atoms with van der Waals surface area (Å²) in [6.07, 6.45) is 0. The molecule has 0 N–H and O–H groups in total. The lowest BCUT2D eigenvalue weighted by Crippen LogP contribution is -2.02. The Kier molecular flexibility index (Phi) is 11.0. The lowest BCUT2D eigenvalue weighted by molar-refractivity contribution is 1.25. The third kappa shape index (κ3) is 6.34. The Morgan fingerprint density at radius 2 is 0.286 bits per heavy atom. The summed E-state index contributed by atoms with van der Waals surface area (Å²) in [5, 5.41) is 17.0. The Morgan fingerprint density at radius 1 is 0.119 bits per heavy atom. The molecule has 0 aliphatic heterocycles. The first-order chi connectivity index (χ1) is 40.1. The SMILES string of the molecule is Cc1ccc(-c2c3c(c(-c4ccc(C)cc4)c4c(C)c(C)c(C)c(C)c24)-c2c(C)c(C)c4c5c(C)c(C)c6c7c(c(C)c(C)c(c8c(C)c(C)c-3c2c84)c75)-c2c-6c(-c3ccc(C)cc3)c3c(C)c(C)c(C)c(C)c3c2-c2ccc(C)cc2)cc1. The van der Waals surface area contributed by atoms with E-state index in [0.29, 0.717) is 0 Å². The van der Waals surface area contributed by atoms with Crippen molar-refractivity contribution in [2.75, 3.05) is 0 Å². The Balaban J connectivity index is 1.21. The zero-order valence-electron chi connectivity index (χ0n) is 53.2. The van der Waals surface area contributed by atoms with Crippen LogP contribution in [0.5, 0.6) is 0 Å². The monoisotopic (exact) mass is 1080 g/mol. The van der Waals surface area contributed by atoms with Gasteiger partial charge in [-0.15, -0.1) is 0 Å². The number of aryl methyl sites for hydroxylation is 12. The van der Waals surface area contributed by atoms with Gasteiger partial charge in [-0.25, -0.2) is 0 Å². The summed E-state index contributed by atoms with van der Waals surface area (Å²) in [6.45, 7) is 47.8. The third-order valence-corrected chi connectivity index (χ3v) is 22.5. The molecule has 84 heavy (non-hydrogen) atoms. The van der Waals surface area contributed by atoms with Crippen LogP contribution in [0.25, 0.3) is 154 Å². The molecular formula is C84H76. The largest absolute Gasteiger partial charge is 0.0587 e. The molecule has 412 valence electrons. The van der Waals surface area contributed by atoms with Crippen LogP contribution in [-0.4, -0.2) is 0 Å². The maximum Gasteiger partial charge on any atom is -0.000443 e. The van der Waals surface area contributed by atoms with Crippen LogP contribution < -0.4 is 0 Å². The average Bonchev–Trinajstić information content (AvgIpc) is 1.43. The minimum Gasteiger partial charge on any atom is -0.0587 e. The van der Waals surface area contributed by atoms with E-state index < -0.39 is 0 Å². The molecule has 0 heterocycles. The Hall–Kier alpha value is -8.32. The molecule has 0 spiro atoms. The van der Waals surface area contributed by atoms with Crippen molar-refractivity contribution in [3.63, 3.8) is 0 Å². The minimum absolute atomic E-state index is 1.28. The van der Waals surface area contributed by atoms with Crippen LogP contribution in [0.2, 0.25) is 0 Å². The molecule has 0 aromatic heterocycles. The predicted molar refractivity (Wildman–Crippen MR) is 368 cm³/mol. The molecule has 0 unspecified atom stereocenters. The first-order valence-corrected chi connectivity index (χ1v) is 30.8. The van der Waals surface area contributed by atoms with E-state index in [1.807, 2.05) is 0 Å². The highest BCUT2D eigenvalue weighted by Gasteiger charge is 2.41. The van der Waals surface area contributed by atoms with Crippen molar-refractivity contribution in [2.45, 2.75) is 138 Å². The van der Waals surface area contributed by atoms with Gasteiger partial charge in [0, 0.05) is 0 Å². The Morgan fingerprint density at radius 3 is 0.464 bits per heavy atom. The van der Waals surface area contributed by atoms with Gasteiger partial charge in [0.1, 0.15) is 0 Å². The molecule has 0 radical (unpaired) electrons. The Labute approximate surface area is 497 Å². The second-order valence-corrected chi connectivity index (χ2v) is 26.5. The molecule has 0 atom stereocenters. The summed E-state index contributed by atoms with van der Waals surface area (Å²) >= 11 is 0. The molecule has 0 nitrogen and oxygen atoms in total. The van der Waals surface area contributed by atoms with Gasteiger partial charge in [0.25, 0.3) is 0 Å². The van der Waals surface area contributed by atoms with Crippen LogP contribution in [0.1, 0.15) is 111 Å². The molecule has 2 aliphatic carbocycles. The number of fused-ring (bicyclic) bond motifs is 10. The quantitative estimate of drug-likeness (QED) is 0.122. The minimum atomic E-state index is 1.28. The van der Waals surface area contributed by atoms with E-state index in [4.69, 9.17) is 0 Å². The van der Waals surface area contributed by atoms with Gasteiger partial charge in [-0.05, 0) is 381 Å². The summed E-state index contributed by atoms with van der Waals surface area (Å²) in [7, 11) is 0. The molecule has 0 heteroatoms. The fourth-order valence-corrected chi connectivity index (χ4v) is 16.9. The van der Waals surface area contributed by atoms with Crippen LogP contribution in [0.15, 0.2) is 97.1 Å². The second-order valence-electron chi connectivity index (χ2n) is 26.5. The van der Waals surface area contributed by atoms with Crippen molar-refractivity contribution in [2.24, 2.45) is 0 Å². The van der Waals surface area contributed by atoms with Crippen molar-refractivity contribution in [1.29, 1.82) is 0 Å². The van der Waals surface area contributed by atoms with Crippen molar-refractivity contribution in [3.05, 3.63) is 208 Å². The van der Waals surface area contributed by atoms with Crippen molar-refractivity contribution >= 4 is 64.6 Å². The van der Waals surface area contributed by atoms with Gasteiger partial charge in [-0.2, -0.15) is 0 Å². The van der Waals surface area contributed by atoms with Gasteiger partial charge in [0.2, 0.25) is 0 Å². The number of rotatable bonds is 4. The highest BCUT2D eigenvalue weighted by molar-refractivity contribution is 6.45. The Bertz CT molecular complexity index is 4590. The van der Waals surface area contributed by atoms with Crippen molar-refractivity contribution in [3.8, 4) is 89.0 Å². The van der Waals surface area contributed by atoms with E-state index in [1.165, 1.54) is 265 Å².